The number of carboxylic acids is 3. The number of hydrogen-bond donors (Lipinski definition) is 7. The van der Waals surface area contributed by atoms with Gasteiger partial charge >= 0.3 is 17.9 Å². The second-order valence-corrected chi connectivity index (χ2v) is 23.9. The summed E-state index contributed by atoms with van der Waals surface area (Å²) in [5.74, 6) is -7.37. The molecule has 3 aromatic rings. The van der Waals surface area contributed by atoms with Crippen LogP contribution in [0.15, 0.2) is 59.8 Å². The van der Waals surface area contributed by atoms with Gasteiger partial charge in [0.1, 0.15) is 18.0 Å². The first-order valence-corrected chi connectivity index (χ1v) is 32.0. The van der Waals surface area contributed by atoms with Crippen molar-refractivity contribution in [2.75, 3.05) is 138 Å². The minimum atomic E-state index is -3.17. The molecule has 3 aliphatic rings. The van der Waals surface area contributed by atoms with E-state index < -0.39 is 67.4 Å². The number of hydrogen-bond acceptors (Lipinski definition) is 18. The van der Waals surface area contributed by atoms with Crippen LogP contribution in [0.2, 0.25) is 0 Å². The number of rotatable bonds is 35. The zero-order chi connectivity index (χ0) is 66.3. The van der Waals surface area contributed by atoms with E-state index in [1.807, 2.05) is 16.7 Å². The zero-order valence-electron chi connectivity index (χ0n) is 52.9. The van der Waals surface area contributed by atoms with Crippen molar-refractivity contribution in [3.63, 3.8) is 0 Å². The SMILES string of the molecule is Cc1ccc(CCCC(=O)NCCCCC(N/N=C/CCCCCC(=O)N2CCN(CCCCOc3ccc4nccc(C(=O)NCC(=O)N5CC(F)(F)C[C@@H]5C#N)c4c3)CC2)NC(=O)CN2CCN(CC(=O)O)CCN(CC(=O)O)CCN(CC(=O)O)CC2)cc1. The number of unbranched alkanes of at least 4 members (excludes halogenated alkanes) is 5. The Labute approximate surface area is 536 Å². The number of likely N-dealkylation sites (tertiary alicyclic amines) is 1. The van der Waals surface area contributed by atoms with Crippen molar-refractivity contribution in [2.24, 2.45) is 5.10 Å². The maximum absolute atomic E-state index is 13.9. The first-order chi connectivity index (χ1) is 44.2. The molecule has 0 radical (unpaired) electrons. The van der Waals surface area contributed by atoms with Crippen LogP contribution in [0, 0.1) is 18.3 Å². The number of nitriles is 1. The molecule has 0 spiro atoms. The summed E-state index contributed by atoms with van der Waals surface area (Å²) in [6.45, 7) is 6.36. The summed E-state index contributed by atoms with van der Waals surface area (Å²) in [6, 6.07) is 15.4. The fourth-order valence-corrected chi connectivity index (χ4v) is 11.3. The van der Waals surface area contributed by atoms with Crippen molar-refractivity contribution in [3.8, 4) is 11.8 Å². The highest BCUT2D eigenvalue weighted by atomic mass is 19.3. The monoisotopic (exact) mass is 1290 g/mol. The average Bonchev–Trinajstić information content (AvgIpc) is 1.24. The van der Waals surface area contributed by atoms with Gasteiger partial charge in [0.15, 0.2) is 0 Å². The molecule has 1 aromatic heterocycles. The van der Waals surface area contributed by atoms with Gasteiger partial charge < -0.3 is 45.8 Å². The number of amides is 5. The summed E-state index contributed by atoms with van der Waals surface area (Å²) in [4.78, 5) is 117. The van der Waals surface area contributed by atoms with E-state index in [0.717, 1.165) is 69.5 Å². The van der Waals surface area contributed by atoms with E-state index in [0.29, 0.717) is 81.4 Å². The van der Waals surface area contributed by atoms with E-state index in [1.165, 1.54) is 23.4 Å². The molecule has 1 unspecified atom stereocenters. The molecule has 92 heavy (non-hydrogen) atoms. The lowest BCUT2D eigenvalue weighted by Crippen LogP contribution is -2.51. The molecule has 4 heterocycles. The van der Waals surface area contributed by atoms with Crippen LogP contribution in [0.5, 0.6) is 5.75 Å². The summed E-state index contributed by atoms with van der Waals surface area (Å²) >= 11 is 0. The molecule has 0 bridgehead atoms. The molecule has 2 atom stereocenters. The summed E-state index contributed by atoms with van der Waals surface area (Å²) in [5, 5.41) is 51.6. The Kier molecular flexibility index (Phi) is 30.8. The van der Waals surface area contributed by atoms with Gasteiger partial charge in [-0.1, -0.05) is 36.2 Å². The Morgan fingerprint density at radius 2 is 1.34 bits per heavy atom. The number of carboxylic acid groups (broad SMARTS) is 3. The summed E-state index contributed by atoms with van der Waals surface area (Å²) in [5.41, 5.74) is 6.22. The molecule has 26 nitrogen and oxygen atoms in total. The molecule has 5 amide bonds. The highest BCUT2D eigenvalue weighted by Gasteiger charge is 2.47. The second-order valence-electron chi connectivity index (χ2n) is 23.9. The molecular weight excluding hydrogens is 1190 g/mol. The van der Waals surface area contributed by atoms with E-state index in [2.05, 4.69) is 60.6 Å². The minimum absolute atomic E-state index is 0.0223. The zero-order valence-corrected chi connectivity index (χ0v) is 52.9. The normalized spacial score (nSPS) is 17.7. The van der Waals surface area contributed by atoms with Crippen LogP contribution in [-0.2, 0) is 40.0 Å². The number of hydrazone groups is 1. The maximum atomic E-state index is 13.9. The number of carbonyl (C=O) groups excluding carboxylic acids is 5. The fourth-order valence-electron chi connectivity index (χ4n) is 11.3. The number of alkyl halides is 2. The number of nitrogens with zero attached hydrogens (tertiary/aromatic N) is 10. The first kappa shape index (κ1) is 73.1. The highest BCUT2D eigenvalue weighted by Crippen LogP contribution is 2.32. The molecule has 3 aliphatic heterocycles. The molecule has 3 saturated heterocycles. The Balaban J connectivity index is 0.894. The fraction of sp³-hybridized carbons (Fsp3) is 0.609. The van der Waals surface area contributed by atoms with Gasteiger partial charge in [-0.15, -0.1) is 0 Å². The van der Waals surface area contributed by atoms with Crippen molar-refractivity contribution < 1.29 is 67.2 Å². The average molecular weight is 1290 g/mol. The van der Waals surface area contributed by atoms with Crippen LogP contribution in [0.4, 0.5) is 8.78 Å². The third-order valence-electron chi connectivity index (χ3n) is 16.4. The highest BCUT2D eigenvalue weighted by molar-refractivity contribution is 6.07. The predicted octanol–water partition coefficient (Wildman–Crippen LogP) is 3.09. The van der Waals surface area contributed by atoms with Gasteiger partial charge in [-0.3, -0.25) is 73.3 Å². The van der Waals surface area contributed by atoms with Crippen LogP contribution in [0.3, 0.4) is 0 Å². The number of carbonyl (C=O) groups is 8. The number of benzene rings is 2. The van der Waals surface area contributed by atoms with E-state index >= 15 is 0 Å². The van der Waals surface area contributed by atoms with Gasteiger partial charge in [0, 0.05) is 122 Å². The molecule has 504 valence electrons. The summed E-state index contributed by atoms with van der Waals surface area (Å²) in [6.07, 6.45) is 10.7. The quantitative estimate of drug-likeness (QED) is 0.0193. The lowest BCUT2D eigenvalue weighted by Gasteiger charge is -2.34. The number of aliphatic carboxylic acids is 3. The largest absolute Gasteiger partial charge is 0.494 e. The third kappa shape index (κ3) is 27.1. The topological polar surface area (TPSA) is 326 Å². The summed E-state index contributed by atoms with van der Waals surface area (Å²) in [7, 11) is 0. The van der Waals surface area contributed by atoms with Gasteiger partial charge in [0.05, 0.1) is 63.0 Å². The third-order valence-corrected chi connectivity index (χ3v) is 16.4. The molecule has 6 rings (SSSR count). The number of halogens is 2. The molecule has 2 aromatic carbocycles. The number of nitrogens with one attached hydrogen (secondary N) is 4. The van der Waals surface area contributed by atoms with Gasteiger partial charge in [0.2, 0.25) is 23.6 Å². The number of aryl methyl sites for hydroxylation is 2. The van der Waals surface area contributed by atoms with E-state index in [1.54, 1.807) is 45.2 Å². The molecule has 0 aliphatic carbocycles. The van der Waals surface area contributed by atoms with Crippen molar-refractivity contribution in [1.82, 2.24) is 60.7 Å². The van der Waals surface area contributed by atoms with Crippen molar-refractivity contribution in [2.45, 2.75) is 115 Å². The number of ether oxygens (including phenoxy) is 1. The number of pyridine rings is 1. The molecule has 0 saturated carbocycles. The van der Waals surface area contributed by atoms with Gasteiger partial charge in [-0.2, -0.15) is 10.4 Å². The lowest BCUT2D eigenvalue weighted by atomic mass is 10.1. The number of piperazine rings is 1. The molecule has 7 N–H and O–H groups in total. The standard InChI is InChI=1S/C64H92F2N14O12/c1-48-15-17-49(18-16-48)11-10-13-56(81)69-22-7-5-12-55(72-57(82)43-75-26-28-76(44-60(85)86)30-32-78(46-62(89)90)33-31-77(29-27-75)45-61(87)88)73-71-23-6-3-2-4-14-58(83)79-36-34-74(35-37-79)25-8-9-38-92-51-19-20-54-53(39-51)52(21-24-68-54)63(91)70-42-59(84)80-47-64(65,66)40-50(80)41-67/h15-21,23-24,39,50,55,73H,2-14,22,25-38,40,42-47H2,1H3,(H,69,81)(H,70,91)(H,72,82)(H,85,86)(H,87,88)(H,89,90)/b71-23+/t50-,55?/m1/s1. The molecular formula is C64H92F2N14O12. The number of aromatic nitrogens is 1. The first-order valence-electron chi connectivity index (χ1n) is 32.0. The molecule has 3 fully saturated rings. The maximum Gasteiger partial charge on any atom is 0.317 e. The predicted molar refractivity (Wildman–Crippen MR) is 339 cm³/mol. The Hall–Kier alpha value is -7.97. The van der Waals surface area contributed by atoms with Crippen LogP contribution in [0.1, 0.15) is 105 Å². The minimum Gasteiger partial charge on any atom is -0.494 e. The lowest BCUT2D eigenvalue weighted by molar-refractivity contribution is -0.140. The van der Waals surface area contributed by atoms with Crippen molar-refractivity contribution in [3.05, 3.63) is 71.4 Å². The van der Waals surface area contributed by atoms with E-state index in [9.17, 15) is 67.7 Å². The van der Waals surface area contributed by atoms with E-state index in [4.69, 9.17) is 4.74 Å². The summed E-state index contributed by atoms with van der Waals surface area (Å²) < 4.78 is 33.8. The molecule has 28 heteroatoms. The van der Waals surface area contributed by atoms with Gasteiger partial charge in [-0.05, 0) is 108 Å². The van der Waals surface area contributed by atoms with Gasteiger partial charge in [-0.25, -0.2) is 8.78 Å². The van der Waals surface area contributed by atoms with Crippen LogP contribution in [-0.4, -0.2) is 264 Å². The van der Waals surface area contributed by atoms with Crippen LogP contribution in [0.25, 0.3) is 10.9 Å². The van der Waals surface area contributed by atoms with Gasteiger partial charge in [0.25, 0.3) is 11.8 Å². The Morgan fingerprint density at radius 3 is 1.97 bits per heavy atom. The van der Waals surface area contributed by atoms with Crippen molar-refractivity contribution >= 4 is 64.6 Å². The number of fused-ring (bicyclic) bond motifs is 1. The second kappa shape index (κ2) is 38.8. The van der Waals surface area contributed by atoms with Crippen LogP contribution >= 0.6 is 0 Å². The van der Waals surface area contributed by atoms with E-state index in [-0.39, 0.29) is 102 Å². The Bertz CT molecular complexity index is 2930. The van der Waals surface area contributed by atoms with Crippen molar-refractivity contribution in [1.29, 1.82) is 5.26 Å². The smallest absolute Gasteiger partial charge is 0.317 e. The van der Waals surface area contributed by atoms with Crippen LogP contribution < -0.4 is 26.1 Å². The Morgan fingerprint density at radius 1 is 0.707 bits per heavy atom.